The second-order valence-electron chi connectivity index (χ2n) is 3.95. The van der Waals surface area contributed by atoms with Crippen molar-refractivity contribution in [1.82, 2.24) is 5.32 Å². The first kappa shape index (κ1) is 14.0. The maximum absolute atomic E-state index is 11.1. The fraction of sp³-hybridized carbons (Fsp3) is 0.385. The minimum absolute atomic E-state index is 0.109. The number of hydrogen-bond donors (Lipinski definition) is 2. The minimum atomic E-state index is -0.940. The topological polar surface area (TPSA) is 75.6 Å². The summed E-state index contributed by atoms with van der Waals surface area (Å²) in [5.74, 6) is -0.940. The molecule has 0 heterocycles. The summed E-state index contributed by atoms with van der Waals surface area (Å²) in [5.41, 5.74) is 1.11. The van der Waals surface area contributed by atoms with Crippen LogP contribution in [0.4, 0.5) is 4.79 Å². The number of carbonyl (C=O) groups is 2. The smallest absolute Gasteiger partial charge is 0.407 e. The minimum Gasteiger partial charge on any atom is -0.481 e. The number of benzene rings is 1. The average Bonchev–Trinajstić information content (AvgIpc) is 2.36. The van der Waals surface area contributed by atoms with Crippen LogP contribution < -0.4 is 5.32 Å². The number of methoxy groups -OCH3 is 1. The van der Waals surface area contributed by atoms with Crippen molar-refractivity contribution in [2.45, 2.75) is 25.3 Å². The van der Waals surface area contributed by atoms with Gasteiger partial charge in [0.25, 0.3) is 0 Å². The highest BCUT2D eigenvalue weighted by molar-refractivity contribution is 5.71. The zero-order valence-corrected chi connectivity index (χ0v) is 10.3. The summed E-state index contributed by atoms with van der Waals surface area (Å²) in [4.78, 5) is 21.8. The van der Waals surface area contributed by atoms with E-state index in [0.29, 0.717) is 12.8 Å². The van der Waals surface area contributed by atoms with Gasteiger partial charge in [-0.25, -0.2) is 4.79 Å². The van der Waals surface area contributed by atoms with Gasteiger partial charge in [0.1, 0.15) is 0 Å². The fourth-order valence-electron chi connectivity index (χ4n) is 1.65. The number of aryl methyl sites for hydroxylation is 1. The molecule has 1 unspecified atom stereocenters. The van der Waals surface area contributed by atoms with E-state index in [1.54, 1.807) is 0 Å². The van der Waals surface area contributed by atoms with Gasteiger partial charge < -0.3 is 15.2 Å². The van der Waals surface area contributed by atoms with Crippen molar-refractivity contribution >= 4 is 12.1 Å². The summed E-state index contributed by atoms with van der Waals surface area (Å²) in [6, 6.07) is 9.29. The maximum atomic E-state index is 11.1. The lowest BCUT2D eigenvalue weighted by molar-refractivity contribution is -0.137. The van der Waals surface area contributed by atoms with Gasteiger partial charge in [-0.3, -0.25) is 4.79 Å². The largest absolute Gasteiger partial charge is 0.481 e. The third kappa shape index (κ3) is 5.34. The SMILES string of the molecule is COC(=O)NC(CCc1ccccc1)CC(=O)O. The van der Waals surface area contributed by atoms with Crippen LogP contribution in [0.25, 0.3) is 0 Å². The Morgan fingerprint density at radius 3 is 2.56 bits per heavy atom. The molecule has 2 N–H and O–H groups in total. The zero-order chi connectivity index (χ0) is 13.4. The summed E-state index contributed by atoms with van der Waals surface area (Å²) in [7, 11) is 1.25. The van der Waals surface area contributed by atoms with Crippen molar-refractivity contribution in [1.29, 1.82) is 0 Å². The van der Waals surface area contributed by atoms with E-state index in [1.165, 1.54) is 7.11 Å². The van der Waals surface area contributed by atoms with Crippen LogP contribution in [-0.2, 0) is 16.0 Å². The summed E-state index contributed by atoms with van der Waals surface area (Å²) < 4.78 is 4.47. The molecule has 0 saturated heterocycles. The predicted molar refractivity (Wildman–Crippen MR) is 66.3 cm³/mol. The number of nitrogens with one attached hydrogen (secondary N) is 1. The van der Waals surface area contributed by atoms with E-state index in [9.17, 15) is 9.59 Å². The summed E-state index contributed by atoms with van der Waals surface area (Å²) in [6.07, 6.45) is 0.560. The van der Waals surface area contributed by atoms with Gasteiger partial charge in [-0.15, -0.1) is 0 Å². The number of rotatable bonds is 6. The van der Waals surface area contributed by atoms with Crippen LogP contribution in [0.3, 0.4) is 0 Å². The molecule has 0 aliphatic heterocycles. The van der Waals surface area contributed by atoms with Crippen molar-refractivity contribution in [3.05, 3.63) is 35.9 Å². The molecule has 0 aliphatic carbocycles. The molecule has 1 aromatic rings. The van der Waals surface area contributed by atoms with Gasteiger partial charge in [0.2, 0.25) is 0 Å². The highest BCUT2D eigenvalue weighted by Crippen LogP contribution is 2.07. The highest BCUT2D eigenvalue weighted by atomic mass is 16.5. The Labute approximate surface area is 106 Å². The number of carboxylic acids is 1. The van der Waals surface area contributed by atoms with Gasteiger partial charge in [-0.05, 0) is 18.4 Å². The summed E-state index contributed by atoms with van der Waals surface area (Å²) >= 11 is 0. The van der Waals surface area contributed by atoms with E-state index in [-0.39, 0.29) is 6.42 Å². The Balaban J connectivity index is 2.50. The molecule has 0 aromatic heterocycles. The number of alkyl carbamates (subject to hydrolysis) is 1. The molecule has 5 heteroatoms. The van der Waals surface area contributed by atoms with Crippen molar-refractivity contribution in [3.63, 3.8) is 0 Å². The molecule has 0 radical (unpaired) electrons. The van der Waals surface area contributed by atoms with Gasteiger partial charge in [0, 0.05) is 6.04 Å². The summed E-state index contributed by atoms with van der Waals surface area (Å²) in [5, 5.41) is 11.3. The quantitative estimate of drug-likeness (QED) is 0.808. The Kier molecular flexibility index (Phi) is 5.70. The van der Waals surface area contributed by atoms with Crippen molar-refractivity contribution in [2.75, 3.05) is 7.11 Å². The molecule has 1 rings (SSSR count). The first-order chi connectivity index (χ1) is 8.61. The van der Waals surface area contributed by atoms with E-state index >= 15 is 0 Å². The van der Waals surface area contributed by atoms with Crippen LogP contribution in [0, 0.1) is 0 Å². The Hall–Kier alpha value is -2.04. The van der Waals surface area contributed by atoms with E-state index in [4.69, 9.17) is 5.11 Å². The molecule has 5 nitrogen and oxygen atoms in total. The Morgan fingerprint density at radius 1 is 1.33 bits per heavy atom. The highest BCUT2D eigenvalue weighted by Gasteiger charge is 2.16. The molecule has 0 saturated carbocycles. The van der Waals surface area contributed by atoms with Crippen LogP contribution >= 0.6 is 0 Å². The fourth-order valence-corrected chi connectivity index (χ4v) is 1.65. The number of ether oxygens (including phenoxy) is 1. The zero-order valence-electron chi connectivity index (χ0n) is 10.3. The monoisotopic (exact) mass is 251 g/mol. The second kappa shape index (κ2) is 7.32. The average molecular weight is 251 g/mol. The van der Waals surface area contributed by atoms with Crippen LogP contribution in [0.1, 0.15) is 18.4 Å². The lowest BCUT2D eigenvalue weighted by atomic mass is 10.0. The van der Waals surface area contributed by atoms with Crippen LogP contribution in [0.15, 0.2) is 30.3 Å². The number of carboxylic acid groups (broad SMARTS) is 1. The summed E-state index contributed by atoms with van der Waals surface area (Å²) in [6.45, 7) is 0. The predicted octanol–water partition coefficient (Wildman–Crippen LogP) is 1.82. The standard InChI is InChI=1S/C13H17NO4/c1-18-13(17)14-11(9-12(15)16)8-7-10-5-3-2-4-6-10/h2-6,11H,7-9H2,1H3,(H,14,17)(H,15,16). The molecule has 0 bridgehead atoms. The van der Waals surface area contributed by atoms with E-state index in [1.807, 2.05) is 30.3 Å². The molecule has 0 fully saturated rings. The molecular weight excluding hydrogens is 234 g/mol. The number of carbonyl (C=O) groups excluding carboxylic acids is 1. The molecule has 0 aliphatic rings. The third-order valence-electron chi connectivity index (χ3n) is 2.55. The van der Waals surface area contributed by atoms with Crippen molar-refractivity contribution < 1.29 is 19.4 Å². The molecule has 1 atom stereocenters. The molecule has 1 amide bonds. The van der Waals surface area contributed by atoms with Crippen molar-refractivity contribution in [2.24, 2.45) is 0 Å². The Bertz CT molecular complexity index is 391. The molecule has 98 valence electrons. The van der Waals surface area contributed by atoms with E-state index < -0.39 is 18.1 Å². The van der Waals surface area contributed by atoms with E-state index in [2.05, 4.69) is 10.1 Å². The molecule has 18 heavy (non-hydrogen) atoms. The van der Waals surface area contributed by atoms with Crippen LogP contribution in [0.5, 0.6) is 0 Å². The number of aliphatic carboxylic acids is 1. The van der Waals surface area contributed by atoms with Gasteiger partial charge >= 0.3 is 12.1 Å². The first-order valence-corrected chi connectivity index (χ1v) is 5.72. The molecular formula is C13H17NO4. The lowest BCUT2D eigenvalue weighted by Gasteiger charge is -2.15. The van der Waals surface area contributed by atoms with Gasteiger partial charge in [0.15, 0.2) is 0 Å². The van der Waals surface area contributed by atoms with Crippen LogP contribution in [0.2, 0.25) is 0 Å². The van der Waals surface area contributed by atoms with Gasteiger partial charge in [0.05, 0.1) is 13.5 Å². The van der Waals surface area contributed by atoms with Crippen molar-refractivity contribution in [3.8, 4) is 0 Å². The first-order valence-electron chi connectivity index (χ1n) is 5.72. The normalized spacial score (nSPS) is 11.6. The number of hydrogen-bond acceptors (Lipinski definition) is 3. The van der Waals surface area contributed by atoms with E-state index in [0.717, 1.165) is 5.56 Å². The molecule has 1 aromatic carbocycles. The van der Waals surface area contributed by atoms with Gasteiger partial charge in [-0.2, -0.15) is 0 Å². The Morgan fingerprint density at radius 2 is 2.00 bits per heavy atom. The maximum Gasteiger partial charge on any atom is 0.407 e. The van der Waals surface area contributed by atoms with Gasteiger partial charge in [-0.1, -0.05) is 30.3 Å². The second-order valence-corrected chi connectivity index (χ2v) is 3.95. The number of amides is 1. The molecule has 0 spiro atoms. The lowest BCUT2D eigenvalue weighted by Crippen LogP contribution is -2.36. The third-order valence-corrected chi connectivity index (χ3v) is 2.55. The van der Waals surface area contributed by atoms with Crippen LogP contribution in [-0.4, -0.2) is 30.3 Å².